The Morgan fingerprint density at radius 2 is 2.00 bits per heavy atom. The van der Waals surface area contributed by atoms with Gasteiger partial charge in [-0.2, -0.15) is 0 Å². The third-order valence-electron chi connectivity index (χ3n) is 3.54. The van der Waals surface area contributed by atoms with E-state index in [9.17, 15) is 0 Å². The number of aryl methyl sites for hydroxylation is 1. The van der Waals surface area contributed by atoms with Gasteiger partial charge in [0.05, 0.1) is 12.9 Å². The zero-order chi connectivity index (χ0) is 15.4. The van der Waals surface area contributed by atoms with Crippen LogP contribution in [0, 0.1) is 0 Å². The van der Waals surface area contributed by atoms with Crippen molar-refractivity contribution in [1.29, 1.82) is 0 Å². The number of aromatic nitrogens is 4. The van der Waals surface area contributed by atoms with Gasteiger partial charge in [-0.25, -0.2) is 9.97 Å². The van der Waals surface area contributed by atoms with Crippen molar-refractivity contribution in [2.75, 3.05) is 6.54 Å². The molecule has 22 heavy (non-hydrogen) atoms. The molecule has 0 radical (unpaired) electrons. The first-order chi connectivity index (χ1) is 10.8. The lowest BCUT2D eigenvalue weighted by molar-refractivity contribution is 0.780. The molecule has 1 N–H and O–H groups in total. The maximum atomic E-state index is 4.75. The molecule has 1 aromatic carbocycles. The molecule has 114 valence electrons. The average molecular weight is 295 g/mol. The van der Waals surface area contributed by atoms with Gasteiger partial charge in [-0.3, -0.25) is 4.99 Å². The van der Waals surface area contributed by atoms with Crippen molar-refractivity contribution in [3.63, 3.8) is 0 Å². The van der Waals surface area contributed by atoms with Crippen LogP contribution in [0.3, 0.4) is 0 Å². The van der Waals surface area contributed by atoms with E-state index < -0.39 is 0 Å². The molecular weight excluding hydrogens is 274 g/mol. The molecule has 2 heterocycles. The minimum absolute atomic E-state index is 0.715. The van der Waals surface area contributed by atoms with E-state index in [-0.39, 0.29) is 0 Å². The fourth-order valence-electron chi connectivity index (χ4n) is 2.54. The molecular formula is C17H21N5. The van der Waals surface area contributed by atoms with E-state index in [0.717, 1.165) is 41.9 Å². The first-order valence-electron chi connectivity index (χ1n) is 7.80. The van der Waals surface area contributed by atoms with E-state index in [1.54, 1.807) is 0 Å². The lowest BCUT2D eigenvalue weighted by Gasteiger charge is -2.07. The summed E-state index contributed by atoms with van der Waals surface area (Å²) < 4.78 is 2.08. The number of rotatable bonds is 5. The van der Waals surface area contributed by atoms with Crippen molar-refractivity contribution in [1.82, 2.24) is 19.5 Å². The van der Waals surface area contributed by atoms with Gasteiger partial charge in [-0.15, -0.1) is 0 Å². The Morgan fingerprint density at radius 1 is 1.18 bits per heavy atom. The van der Waals surface area contributed by atoms with E-state index in [0.29, 0.717) is 6.54 Å². The Kier molecular flexibility index (Phi) is 4.32. The van der Waals surface area contributed by atoms with Gasteiger partial charge in [0.15, 0.2) is 11.1 Å². The summed E-state index contributed by atoms with van der Waals surface area (Å²) in [5.41, 5.74) is 3.84. The molecule has 0 bridgehead atoms. The minimum Gasteiger partial charge on any atom is -0.338 e. The highest BCUT2D eigenvalue weighted by molar-refractivity contribution is 5.69. The van der Waals surface area contributed by atoms with Gasteiger partial charge >= 0.3 is 0 Å². The fourth-order valence-corrected chi connectivity index (χ4v) is 2.54. The molecule has 0 saturated carbocycles. The second-order valence-electron chi connectivity index (χ2n) is 5.29. The lowest BCUT2D eigenvalue weighted by Crippen LogP contribution is -2.15. The van der Waals surface area contributed by atoms with Crippen molar-refractivity contribution in [2.45, 2.75) is 33.2 Å². The molecule has 0 aliphatic heterocycles. The second-order valence-corrected chi connectivity index (χ2v) is 5.29. The predicted molar refractivity (Wildman–Crippen MR) is 87.5 cm³/mol. The third-order valence-corrected chi connectivity index (χ3v) is 3.54. The quantitative estimate of drug-likeness (QED) is 0.786. The van der Waals surface area contributed by atoms with Gasteiger partial charge in [0.2, 0.25) is 0 Å². The number of H-pyrrole nitrogens is 1. The standard InChI is InChI=1S/C17H21N5/c1-3-8-14-20-15-16(18-4-2)19-12-22(17(15)21-14)11-13-9-6-5-7-10-13/h5-7,9-10,12H,3-4,8,11H2,1-2H3,(H,20,21). The Labute approximate surface area is 129 Å². The van der Waals surface area contributed by atoms with Gasteiger partial charge in [0.1, 0.15) is 11.3 Å². The van der Waals surface area contributed by atoms with Crippen LogP contribution in [0.25, 0.3) is 11.2 Å². The van der Waals surface area contributed by atoms with Crippen LogP contribution in [0.15, 0.2) is 41.7 Å². The molecule has 5 nitrogen and oxygen atoms in total. The smallest absolute Gasteiger partial charge is 0.176 e. The summed E-state index contributed by atoms with van der Waals surface area (Å²) in [6.45, 7) is 5.64. The normalized spacial score (nSPS) is 12.2. The van der Waals surface area contributed by atoms with Crippen LogP contribution in [-0.2, 0) is 13.0 Å². The summed E-state index contributed by atoms with van der Waals surface area (Å²) in [6, 6.07) is 10.4. The van der Waals surface area contributed by atoms with Crippen LogP contribution < -0.4 is 5.49 Å². The van der Waals surface area contributed by atoms with E-state index in [1.807, 2.05) is 31.5 Å². The molecule has 0 unspecified atom stereocenters. The van der Waals surface area contributed by atoms with E-state index in [4.69, 9.17) is 4.98 Å². The Bertz CT molecular complexity index is 814. The van der Waals surface area contributed by atoms with Crippen LogP contribution in [0.2, 0.25) is 0 Å². The number of imidazole rings is 1. The molecule has 0 saturated heterocycles. The summed E-state index contributed by atoms with van der Waals surface area (Å²) in [7, 11) is 0. The van der Waals surface area contributed by atoms with E-state index in [2.05, 4.69) is 38.6 Å². The first kappa shape index (κ1) is 14.5. The van der Waals surface area contributed by atoms with E-state index >= 15 is 0 Å². The van der Waals surface area contributed by atoms with Gasteiger partial charge in [0, 0.05) is 13.0 Å². The highest BCUT2D eigenvalue weighted by Gasteiger charge is 2.09. The monoisotopic (exact) mass is 295 g/mol. The molecule has 0 fully saturated rings. The van der Waals surface area contributed by atoms with E-state index in [1.165, 1.54) is 5.56 Å². The van der Waals surface area contributed by atoms with Crippen molar-refractivity contribution in [3.05, 3.63) is 53.5 Å². The predicted octanol–water partition coefficient (Wildman–Crippen LogP) is 2.68. The third kappa shape index (κ3) is 2.93. The molecule has 0 spiro atoms. The van der Waals surface area contributed by atoms with Crippen molar-refractivity contribution in [2.24, 2.45) is 4.99 Å². The summed E-state index contributed by atoms with van der Waals surface area (Å²) >= 11 is 0. The second kappa shape index (κ2) is 6.56. The first-order valence-corrected chi connectivity index (χ1v) is 7.80. The molecule has 0 aliphatic carbocycles. The van der Waals surface area contributed by atoms with Crippen LogP contribution in [-0.4, -0.2) is 26.1 Å². The maximum Gasteiger partial charge on any atom is 0.176 e. The average Bonchev–Trinajstić information content (AvgIpc) is 2.96. The highest BCUT2D eigenvalue weighted by Crippen LogP contribution is 2.11. The number of nitrogens with one attached hydrogen (secondary N) is 1. The van der Waals surface area contributed by atoms with Gasteiger partial charge in [-0.05, 0) is 18.9 Å². The van der Waals surface area contributed by atoms with Gasteiger partial charge in [-0.1, -0.05) is 37.3 Å². The summed E-state index contributed by atoms with van der Waals surface area (Å²) in [5.74, 6) is 1.000. The molecule has 0 atom stereocenters. The topological polar surface area (TPSA) is 58.9 Å². The molecule has 5 heteroatoms. The van der Waals surface area contributed by atoms with Crippen LogP contribution in [0.1, 0.15) is 31.7 Å². The Hall–Kier alpha value is -2.43. The number of hydrogen-bond acceptors (Lipinski definition) is 3. The molecule has 0 aliphatic rings. The molecule has 3 rings (SSSR count). The maximum absolute atomic E-state index is 4.75. The van der Waals surface area contributed by atoms with Crippen molar-refractivity contribution >= 4 is 11.2 Å². The van der Waals surface area contributed by atoms with Crippen LogP contribution in [0.5, 0.6) is 0 Å². The van der Waals surface area contributed by atoms with Crippen LogP contribution >= 0.6 is 0 Å². The number of hydrogen-bond donors (Lipinski definition) is 1. The SMILES string of the molecule is CCCc1nc2c([nH]1)c(=NCC)ncn2Cc1ccccc1. The zero-order valence-electron chi connectivity index (χ0n) is 13.1. The highest BCUT2D eigenvalue weighted by atomic mass is 15.1. The fraction of sp³-hybridized carbons (Fsp3) is 0.353. The Balaban J connectivity index is 2.10. The number of benzene rings is 1. The molecule has 3 aromatic rings. The molecule has 0 amide bonds. The zero-order valence-corrected chi connectivity index (χ0v) is 13.1. The largest absolute Gasteiger partial charge is 0.338 e. The number of aromatic amines is 1. The summed E-state index contributed by atoms with van der Waals surface area (Å²) in [6.07, 6.45) is 3.83. The summed E-state index contributed by atoms with van der Waals surface area (Å²) in [5, 5.41) is 0. The van der Waals surface area contributed by atoms with Crippen molar-refractivity contribution in [3.8, 4) is 0 Å². The van der Waals surface area contributed by atoms with Crippen molar-refractivity contribution < 1.29 is 0 Å². The number of fused-ring (bicyclic) bond motifs is 1. The minimum atomic E-state index is 0.715. The van der Waals surface area contributed by atoms with Gasteiger partial charge < -0.3 is 9.55 Å². The summed E-state index contributed by atoms with van der Waals surface area (Å²) in [4.78, 5) is 17.1. The van der Waals surface area contributed by atoms with Crippen LogP contribution in [0.4, 0.5) is 0 Å². The lowest BCUT2D eigenvalue weighted by atomic mass is 10.2. The molecule has 2 aromatic heterocycles. The number of nitrogens with zero attached hydrogens (tertiary/aromatic N) is 4. The van der Waals surface area contributed by atoms with Gasteiger partial charge in [0.25, 0.3) is 0 Å². The Morgan fingerprint density at radius 3 is 2.73 bits per heavy atom.